The van der Waals surface area contributed by atoms with Gasteiger partial charge in [-0.1, -0.05) is 30.3 Å². The van der Waals surface area contributed by atoms with Gasteiger partial charge in [-0.3, -0.25) is 14.7 Å². The first kappa shape index (κ1) is 19.0. The summed E-state index contributed by atoms with van der Waals surface area (Å²) in [6.07, 6.45) is 1.75. The molecular weight excluding hydrogens is 368 g/mol. The monoisotopic (exact) mass is 392 g/mol. The number of hydrogen-bond acceptors (Lipinski definition) is 4. The Morgan fingerprint density at radius 3 is 2.97 bits per heavy atom. The number of aromatic nitrogens is 2. The molecule has 7 heteroatoms. The predicted molar refractivity (Wildman–Crippen MR) is 110 cm³/mol. The second kappa shape index (κ2) is 8.34. The second-order valence-electron chi connectivity index (χ2n) is 7.28. The Hall–Kier alpha value is -3.35. The van der Waals surface area contributed by atoms with Crippen LogP contribution in [0.15, 0.2) is 48.5 Å². The maximum absolute atomic E-state index is 12.7. The number of aromatic amines is 1. The summed E-state index contributed by atoms with van der Waals surface area (Å²) < 4.78 is 5.26. The molecule has 1 aliphatic rings. The van der Waals surface area contributed by atoms with E-state index in [1.165, 1.54) is 0 Å². The largest absolute Gasteiger partial charge is 0.497 e. The number of benzene rings is 2. The number of likely N-dealkylation sites (tertiary alicyclic amines) is 1. The van der Waals surface area contributed by atoms with Crippen molar-refractivity contribution in [2.75, 3.05) is 13.7 Å². The summed E-state index contributed by atoms with van der Waals surface area (Å²) in [4.78, 5) is 27.1. The molecule has 150 valence electrons. The van der Waals surface area contributed by atoms with E-state index in [2.05, 4.69) is 15.5 Å². The van der Waals surface area contributed by atoms with E-state index < -0.39 is 0 Å². The SMILES string of the molecule is COc1cccc(CN2CCC(NC(=O)c3n[nH]c4ccccc34)CCC2=O)c1. The normalized spacial score (nSPS) is 17.2. The van der Waals surface area contributed by atoms with Crippen molar-refractivity contribution in [2.24, 2.45) is 0 Å². The predicted octanol–water partition coefficient (Wildman–Crippen LogP) is 2.88. The van der Waals surface area contributed by atoms with Crippen molar-refractivity contribution < 1.29 is 14.3 Å². The number of nitrogens with one attached hydrogen (secondary N) is 2. The Kier molecular flexibility index (Phi) is 5.46. The molecule has 2 amide bonds. The molecule has 1 saturated heterocycles. The van der Waals surface area contributed by atoms with Gasteiger partial charge in [0.15, 0.2) is 5.69 Å². The van der Waals surface area contributed by atoms with Gasteiger partial charge in [0.25, 0.3) is 5.91 Å². The maximum atomic E-state index is 12.7. The lowest BCUT2D eigenvalue weighted by Crippen LogP contribution is -2.36. The van der Waals surface area contributed by atoms with Gasteiger partial charge in [0.2, 0.25) is 5.91 Å². The molecule has 2 heterocycles. The number of para-hydroxylation sites is 1. The molecule has 7 nitrogen and oxygen atoms in total. The average Bonchev–Trinajstić information content (AvgIpc) is 3.11. The molecule has 3 aromatic rings. The Balaban J connectivity index is 1.40. The minimum Gasteiger partial charge on any atom is -0.497 e. The van der Waals surface area contributed by atoms with Crippen LogP contribution >= 0.6 is 0 Å². The number of nitrogens with zero attached hydrogens (tertiary/aromatic N) is 2. The zero-order valence-corrected chi connectivity index (χ0v) is 16.4. The second-order valence-corrected chi connectivity index (χ2v) is 7.28. The number of fused-ring (bicyclic) bond motifs is 1. The topological polar surface area (TPSA) is 87.3 Å². The van der Waals surface area contributed by atoms with E-state index in [0.717, 1.165) is 22.2 Å². The van der Waals surface area contributed by atoms with Crippen molar-refractivity contribution in [3.8, 4) is 5.75 Å². The van der Waals surface area contributed by atoms with Crippen LogP contribution in [-0.4, -0.2) is 46.6 Å². The molecule has 2 N–H and O–H groups in total. The lowest BCUT2D eigenvalue weighted by Gasteiger charge is -2.21. The fourth-order valence-electron chi connectivity index (χ4n) is 3.73. The van der Waals surface area contributed by atoms with Gasteiger partial charge >= 0.3 is 0 Å². The smallest absolute Gasteiger partial charge is 0.272 e. The minimum atomic E-state index is -0.207. The van der Waals surface area contributed by atoms with Gasteiger partial charge in [-0.2, -0.15) is 5.10 Å². The van der Waals surface area contributed by atoms with Crippen molar-refractivity contribution in [2.45, 2.75) is 31.8 Å². The summed E-state index contributed by atoms with van der Waals surface area (Å²) in [5.41, 5.74) is 2.26. The average molecular weight is 392 g/mol. The van der Waals surface area contributed by atoms with Gasteiger partial charge < -0.3 is 15.0 Å². The fourth-order valence-corrected chi connectivity index (χ4v) is 3.73. The standard InChI is InChI=1S/C22H24N4O3/c1-29-17-6-4-5-15(13-17)14-26-12-11-16(9-10-20(26)27)23-22(28)21-18-7-2-3-8-19(18)24-25-21/h2-8,13,16H,9-12,14H2,1H3,(H,23,28)(H,24,25). The van der Waals surface area contributed by atoms with E-state index in [1.807, 2.05) is 53.4 Å². The zero-order valence-electron chi connectivity index (χ0n) is 16.4. The number of amides is 2. The summed E-state index contributed by atoms with van der Waals surface area (Å²) in [6, 6.07) is 15.2. The van der Waals surface area contributed by atoms with Crippen molar-refractivity contribution in [3.05, 3.63) is 59.8 Å². The molecule has 0 bridgehead atoms. The van der Waals surface area contributed by atoms with Crippen LogP contribution in [0.1, 0.15) is 35.3 Å². The van der Waals surface area contributed by atoms with Gasteiger partial charge in [-0.05, 0) is 36.6 Å². The molecule has 2 aromatic carbocycles. The number of H-pyrrole nitrogens is 1. The van der Waals surface area contributed by atoms with Crippen molar-refractivity contribution >= 4 is 22.7 Å². The van der Waals surface area contributed by atoms with Crippen LogP contribution in [0.3, 0.4) is 0 Å². The van der Waals surface area contributed by atoms with E-state index in [1.54, 1.807) is 7.11 Å². The number of carbonyl (C=O) groups excluding carboxylic acids is 2. The third-order valence-electron chi connectivity index (χ3n) is 5.34. The summed E-state index contributed by atoms with van der Waals surface area (Å²) in [6.45, 7) is 1.14. The molecule has 1 unspecified atom stereocenters. The number of carbonyl (C=O) groups is 2. The summed E-state index contributed by atoms with van der Waals surface area (Å²) in [7, 11) is 1.63. The Morgan fingerprint density at radius 2 is 2.10 bits per heavy atom. The molecule has 0 aliphatic carbocycles. The van der Waals surface area contributed by atoms with Crippen LogP contribution < -0.4 is 10.1 Å². The first-order valence-electron chi connectivity index (χ1n) is 9.78. The number of hydrogen-bond donors (Lipinski definition) is 2. The highest BCUT2D eigenvalue weighted by Crippen LogP contribution is 2.20. The van der Waals surface area contributed by atoms with Gasteiger partial charge in [0.05, 0.1) is 12.6 Å². The molecule has 1 atom stereocenters. The molecule has 1 fully saturated rings. The maximum Gasteiger partial charge on any atom is 0.272 e. The Labute approximate surface area is 169 Å². The molecule has 1 aromatic heterocycles. The third-order valence-corrected chi connectivity index (χ3v) is 5.34. The van der Waals surface area contributed by atoms with Crippen LogP contribution in [0.5, 0.6) is 5.75 Å². The first-order chi connectivity index (χ1) is 14.1. The van der Waals surface area contributed by atoms with Gasteiger partial charge in [-0.15, -0.1) is 0 Å². The number of methoxy groups -OCH3 is 1. The van der Waals surface area contributed by atoms with Gasteiger partial charge in [-0.25, -0.2) is 0 Å². The van der Waals surface area contributed by atoms with Gasteiger partial charge in [0, 0.05) is 30.9 Å². The van der Waals surface area contributed by atoms with Crippen LogP contribution in [0, 0.1) is 0 Å². The van der Waals surface area contributed by atoms with E-state index in [-0.39, 0.29) is 17.9 Å². The Morgan fingerprint density at radius 1 is 1.24 bits per heavy atom. The van der Waals surface area contributed by atoms with Crippen LogP contribution in [-0.2, 0) is 11.3 Å². The molecule has 1 aliphatic heterocycles. The molecule has 0 saturated carbocycles. The van der Waals surface area contributed by atoms with Crippen molar-refractivity contribution in [1.29, 1.82) is 0 Å². The van der Waals surface area contributed by atoms with Crippen LogP contribution in [0.4, 0.5) is 0 Å². The van der Waals surface area contributed by atoms with E-state index in [0.29, 0.717) is 38.0 Å². The molecule has 4 rings (SSSR count). The first-order valence-corrected chi connectivity index (χ1v) is 9.78. The minimum absolute atomic E-state index is 0.0581. The highest BCUT2D eigenvalue weighted by atomic mass is 16.5. The van der Waals surface area contributed by atoms with Crippen molar-refractivity contribution in [1.82, 2.24) is 20.4 Å². The van der Waals surface area contributed by atoms with Crippen LogP contribution in [0.25, 0.3) is 10.9 Å². The number of ether oxygens (including phenoxy) is 1. The highest BCUT2D eigenvalue weighted by molar-refractivity contribution is 6.04. The molecular formula is C22H24N4O3. The highest BCUT2D eigenvalue weighted by Gasteiger charge is 2.25. The summed E-state index contributed by atoms with van der Waals surface area (Å²) >= 11 is 0. The quantitative estimate of drug-likeness (QED) is 0.699. The van der Waals surface area contributed by atoms with Gasteiger partial charge in [0.1, 0.15) is 5.75 Å². The zero-order chi connectivity index (χ0) is 20.2. The van der Waals surface area contributed by atoms with E-state index >= 15 is 0 Å². The fraction of sp³-hybridized carbons (Fsp3) is 0.318. The summed E-state index contributed by atoms with van der Waals surface area (Å²) in [5, 5.41) is 10.9. The van der Waals surface area contributed by atoms with Crippen molar-refractivity contribution in [3.63, 3.8) is 0 Å². The van der Waals surface area contributed by atoms with E-state index in [9.17, 15) is 9.59 Å². The summed E-state index contributed by atoms with van der Waals surface area (Å²) in [5.74, 6) is 0.678. The lowest BCUT2D eigenvalue weighted by atomic mass is 10.1. The molecule has 0 spiro atoms. The molecule has 0 radical (unpaired) electrons. The Bertz CT molecular complexity index is 1030. The molecule has 29 heavy (non-hydrogen) atoms. The van der Waals surface area contributed by atoms with Crippen LogP contribution in [0.2, 0.25) is 0 Å². The van der Waals surface area contributed by atoms with E-state index in [4.69, 9.17) is 4.74 Å². The lowest BCUT2D eigenvalue weighted by molar-refractivity contribution is -0.131. The third kappa shape index (κ3) is 4.23. The number of rotatable bonds is 5.